The van der Waals surface area contributed by atoms with Gasteiger partial charge in [-0.15, -0.1) is 12.4 Å². The second kappa shape index (κ2) is 6.15. The van der Waals surface area contributed by atoms with Gasteiger partial charge in [-0.2, -0.15) is 0 Å². The maximum absolute atomic E-state index is 12.5. The zero-order chi connectivity index (χ0) is 16.2. The number of nitrogens with zero attached hydrogens (tertiary/aromatic N) is 1. The van der Waals surface area contributed by atoms with Gasteiger partial charge in [0.05, 0.1) is 17.4 Å². The number of fused-ring (bicyclic) bond motifs is 5. The standard InChI is InChI=1S/C17H23N3O3.ClH/c18-17(5-1-2-6-17)16(23)19-7-8-20-14(21)12-10-3-4-11(9-10)13(12)15(20)22;/h3-4,10-13H,1-2,5-9,18H2,(H,19,23);1H. The van der Waals surface area contributed by atoms with E-state index in [1.54, 1.807) is 0 Å². The monoisotopic (exact) mass is 353 g/mol. The van der Waals surface area contributed by atoms with Gasteiger partial charge in [-0.05, 0) is 31.1 Å². The quantitative estimate of drug-likeness (QED) is 0.572. The molecule has 24 heavy (non-hydrogen) atoms. The summed E-state index contributed by atoms with van der Waals surface area (Å²) in [5.74, 6) is -0.147. The summed E-state index contributed by atoms with van der Waals surface area (Å²) in [5, 5.41) is 2.81. The van der Waals surface area contributed by atoms with Crippen LogP contribution in [0.25, 0.3) is 0 Å². The maximum atomic E-state index is 12.5. The molecule has 1 saturated heterocycles. The van der Waals surface area contributed by atoms with Crippen LogP contribution in [0.15, 0.2) is 12.2 Å². The summed E-state index contributed by atoms with van der Waals surface area (Å²) in [7, 11) is 0. The number of imide groups is 1. The highest BCUT2D eigenvalue weighted by atomic mass is 35.5. The molecule has 3 amide bonds. The lowest BCUT2D eigenvalue weighted by atomic mass is 9.85. The molecule has 2 bridgehead atoms. The highest BCUT2D eigenvalue weighted by Gasteiger charge is 2.59. The number of nitrogens with one attached hydrogen (secondary N) is 1. The Morgan fingerprint density at radius 1 is 1.17 bits per heavy atom. The molecule has 7 heteroatoms. The van der Waals surface area contributed by atoms with Crippen molar-refractivity contribution in [3.05, 3.63) is 12.2 Å². The highest BCUT2D eigenvalue weighted by Crippen LogP contribution is 2.52. The fourth-order valence-corrected chi connectivity index (χ4v) is 4.87. The van der Waals surface area contributed by atoms with Gasteiger partial charge in [0.15, 0.2) is 0 Å². The van der Waals surface area contributed by atoms with Crippen LogP contribution in [-0.4, -0.2) is 41.2 Å². The third kappa shape index (κ3) is 2.47. The van der Waals surface area contributed by atoms with Crippen molar-refractivity contribution in [2.45, 2.75) is 37.6 Å². The first kappa shape index (κ1) is 17.4. The average molecular weight is 354 g/mol. The molecule has 132 valence electrons. The van der Waals surface area contributed by atoms with Gasteiger partial charge in [-0.3, -0.25) is 19.3 Å². The fourth-order valence-electron chi connectivity index (χ4n) is 4.87. The Balaban J connectivity index is 0.00000169. The Labute approximate surface area is 147 Å². The minimum absolute atomic E-state index is 0. The minimum atomic E-state index is -0.765. The molecule has 1 heterocycles. The third-order valence-electron chi connectivity index (χ3n) is 6.13. The molecule has 1 aliphatic heterocycles. The molecule has 0 radical (unpaired) electrons. The third-order valence-corrected chi connectivity index (χ3v) is 6.13. The van der Waals surface area contributed by atoms with Crippen molar-refractivity contribution in [3.63, 3.8) is 0 Å². The number of hydrogen-bond acceptors (Lipinski definition) is 4. The van der Waals surface area contributed by atoms with Gasteiger partial charge >= 0.3 is 0 Å². The number of carbonyl (C=O) groups is 3. The predicted molar refractivity (Wildman–Crippen MR) is 90.1 cm³/mol. The van der Waals surface area contributed by atoms with Crippen molar-refractivity contribution >= 4 is 30.1 Å². The Kier molecular flexibility index (Phi) is 4.47. The van der Waals surface area contributed by atoms with Gasteiger partial charge in [-0.1, -0.05) is 25.0 Å². The largest absolute Gasteiger partial charge is 0.353 e. The normalized spacial score (nSPS) is 35.3. The molecular weight excluding hydrogens is 330 g/mol. The van der Waals surface area contributed by atoms with Gasteiger partial charge in [0.25, 0.3) is 0 Å². The number of nitrogens with two attached hydrogens (primary N) is 1. The average Bonchev–Trinajstić information content (AvgIpc) is 3.28. The number of hydrogen-bond donors (Lipinski definition) is 2. The van der Waals surface area contributed by atoms with E-state index in [9.17, 15) is 14.4 Å². The molecule has 3 aliphatic carbocycles. The van der Waals surface area contributed by atoms with Crippen molar-refractivity contribution in [3.8, 4) is 0 Å². The van der Waals surface area contributed by atoms with Crippen molar-refractivity contribution in [2.75, 3.05) is 13.1 Å². The molecular formula is C17H24ClN3O3. The van der Waals surface area contributed by atoms with Gasteiger partial charge in [-0.25, -0.2) is 0 Å². The van der Waals surface area contributed by atoms with Gasteiger partial charge < -0.3 is 11.1 Å². The summed E-state index contributed by atoms with van der Waals surface area (Å²) < 4.78 is 0. The lowest BCUT2D eigenvalue weighted by Gasteiger charge is -2.23. The van der Waals surface area contributed by atoms with Crippen molar-refractivity contribution in [1.82, 2.24) is 10.2 Å². The van der Waals surface area contributed by atoms with Gasteiger partial charge in [0.1, 0.15) is 0 Å². The zero-order valence-corrected chi connectivity index (χ0v) is 14.4. The van der Waals surface area contributed by atoms with Crippen LogP contribution in [0.2, 0.25) is 0 Å². The number of amides is 3. The van der Waals surface area contributed by atoms with Crippen molar-refractivity contribution in [2.24, 2.45) is 29.4 Å². The van der Waals surface area contributed by atoms with Crippen LogP contribution in [-0.2, 0) is 14.4 Å². The van der Waals surface area contributed by atoms with Crippen LogP contribution in [0.4, 0.5) is 0 Å². The summed E-state index contributed by atoms with van der Waals surface area (Å²) in [6, 6.07) is 0. The van der Waals surface area contributed by atoms with Crippen LogP contribution < -0.4 is 11.1 Å². The van der Waals surface area contributed by atoms with Gasteiger partial charge in [0, 0.05) is 13.1 Å². The van der Waals surface area contributed by atoms with E-state index in [1.165, 1.54) is 4.90 Å². The van der Waals surface area contributed by atoms with E-state index in [0.29, 0.717) is 12.8 Å². The first-order valence-electron chi connectivity index (χ1n) is 8.62. The Morgan fingerprint density at radius 3 is 2.25 bits per heavy atom. The van der Waals surface area contributed by atoms with E-state index in [1.807, 2.05) is 0 Å². The first-order chi connectivity index (χ1) is 11.0. The zero-order valence-electron chi connectivity index (χ0n) is 13.6. The lowest BCUT2D eigenvalue weighted by Crippen LogP contribution is -2.53. The molecule has 4 aliphatic rings. The smallest absolute Gasteiger partial charge is 0.240 e. The highest BCUT2D eigenvalue weighted by molar-refractivity contribution is 6.06. The number of halogens is 1. The van der Waals surface area contributed by atoms with E-state index in [2.05, 4.69) is 17.5 Å². The van der Waals surface area contributed by atoms with Crippen LogP contribution in [0.3, 0.4) is 0 Å². The number of likely N-dealkylation sites (tertiary alicyclic amines) is 1. The molecule has 4 atom stereocenters. The molecule has 6 nitrogen and oxygen atoms in total. The molecule has 2 saturated carbocycles. The van der Waals surface area contributed by atoms with E-state index in [0.717, 1.165) is 19.3 Å². The molecule has 3 fully saturated rings. The minimum Gasteiger partial charge on any atom is -0.353 e. The van der Waals surface area contributed by atoms with Crippen molar-refractivity contribution < 1.29 is 14.4 Å². The molecule has 0 aromatic carbocycles. The SMILES string of the molecule is Cl.NC1(C(=O)NCCN2C(=O)C3C4C=CC(C4)C3C2=O)CCCC1. The van der Waals surface area contributed by atoms with Gasteiger partial charge in [0.2, 0.25) is 17.7 Å². The first-order valence-corrected chi connectivity index (χ1v) is 8.62. The van der Waals surface area contributed by atoms with E-state index < -0.39 is 5.54 Å². The molecule has 0 aromatic heterocycles. The Hall–Kier alpha value is -1.40. The summed E-state index contributed by atoms with van der Waals surface area (Å²) in [6.45, 7) is 0.545. The summed E-state index contributed by atoms with van der Waals surface area (Å²) in [5.41, 5.74) is 5.34. The molecule has 3 N–H and O–H groups in total. The number of carbonyl (C=O) groups excluding carboxylic acids is 3. The topological polar surface area (TPSA) is 92.5 Å². The fraction of sp³-hybridized carbons (Fsp3) is 0.706. The Morgan fingerprint density at radius 2 is 1.71 bits per heavy atom. The van der Waals surface area contributed by atoms with Crippen LogP contribution >= 0.6 is 12.4 Å². The number of allylic oxidation sites excluding steroid dienone is 2. The van der Waals surface area contributed by atoms with Crippen LogP contribution in [0.1, 0.15) is 32.1 Å². The van der Waals surface area contributed by atoms with Crippen LogP contribution in [0, 0.1) is 23.7 Å². The second-order valence-corrected chi connectivity index (χ2v) is 7.45. The van der Waals surface area contributed by atoms with Crippen molar-refractivity contribution in [1.29, 1.82) is 0 Å². The van der Waals surface area contributed by atoms with Crippen LogP contribution in [0.5, 0.6) is 0 Å². The molecule has 0 aromatic rings. The summed E-state index contributed by atoms with van der Waals surface area (Å²) >= 11 is 0. The second-order valence-electron chi connectivity index (χ2n) is 7.45. The molecule has 4 unspecified atom stereocenters. The molecule has 0 spiro atoms. The van der Waals surface area contributed by atoms with E-state index in [-0.39, 0.29) is 66.9 Å². The molecule has 4 rings (SSSR count). The number of rotatable bonds is 4. The summed E-state index contributed by atoms with van der Waals surface area (Å²) in [4.78, 5) is 38.6. The van der Waals surface area contributed by atoms with E-state index in [4.69, 9.17) is 5.73 Å². The Bertz CT molecular complexity index is 570. The summed E-state index contributed by atoms with van der Waals surface area (Å²) in [6.07, 6.45) is 8.48. The lowest BCUT2D eigenvalue weighted by molar-refractivity contribution is -0.141. The maximum Gasteiger partial charge on any atom is 0.240 e. The van der Waals surface area contributed by atoms with E-state index >= 15 is 0 Å². The predicted octanol–water partition coefficient (Wildman–Crippen LogP) is 0.603.